The van der Waals surface area contributed by atoms with Crippen molar-refractivity contribution < 1.29 is 14.7 Å². The van der Waals surface area contributed by atoms with Crippen LogP contribution in [-0.4, -0.2) is 58.1 Å². The van der Waals surface area contributed by atoms with Crippen molar-refractivity contribution in [1.29, 1.82) is 0 Å². The van der Waals surface area contributed by atoms with E-state index in [0.717, 1.165) is 48.5 Å². The molecule has 0 aliphatic carbocycles. The smallest absolute Gasteiger partial charge is 0.254 e. The lowest BCUT2D eigenvalue weighted by Crippen LogP contribution is -2.52. The number of likely N-dealkylation sites (tertiary alicyclic amines) is 1. The third-order valence-corrected chi connectivity index (χ3v) is 8.66. The fourth-order valence-corrected chi connectivity index (χ4v) is 6.64. The minimum absolute atomic E-state index is 0.0678. The Bertz CT molecular complexity index is 1280. The van der Waals surface area contributed by atoms with Gasteiger partial charge in [0, 0.05) is 39.8 Å². The molecule has 1 aromatic heterocycles. The van der Waals surface area contributed by atoms with Crippen molar-refractivity contribution in [2.45, 2.75) is 63.3 Å². The second kappa shape index (κ2) is 11.9. The van der Waals surface area contributed by atoms with E-state index in [2.05, 4.69) is 15.6 Å². The lowest BCUT2D eigenvalue weighted by molar-refractivity contribution is 0.0733. The molecule has 9 heteroatoms. The van der Waals surface area contributed by atoms with Gasteiger partial charge in [-0.2, -0.15) is 0 Å². The molecule has 0 radical (unpaired) electrons. The van der Waals surface area contributed by atoms with Crippen molar-refractivity contribution in [2.75, 3.05) is 13.1 Å². The van der Waals surface area contributed by atoms with Gasteiger partial charge in [-0.1, -0.05) is 41.9 Å². The van der Waals surface area contributed by atoms with Gasteiger partial charge in [-0.3, -0.25) is 9.59 Å². The van der Waals surface area contributed by atoms with Crippen LogP contribution < -0.4 is 10.6 Å². The van der Waals surface area contributed by atoms with Gasteiger partial charge < -0.3 is 20.6 Å². The molecule has 2 fully saturated rings. The van der Waals surface area contributed by atoms with Gasteiger partial charge in [-0.15, -0.1) is 11.3 Å². The summed E-state index contributed by atoms with van der Waals surface area (Å²) in [5, 5.41) is 20.8. The summed E-state index contributed by atoms with van der Waals surface area (Å²) in [5.74, 6) is -0.527. The first-order chi connectivity index (χ1) is 18.4. The first-order valence-electron chi connectivity index (χ1n) is 13.2. The van der Waals surface area contributed by atoms with Crippen LogP contribution in [0.3, 0.4) is 0 Å². The Hall–Kier alpha value is -2.78. The van der Waals surface area contributed by atoms with E-state index in [1.165, 1.54) is 0 Å². The topological polar surface area (TPSA) is 94.6 Å². The van der Waals surface area contributed by atoms with E-state index >= 15 is 0 Å². The highest BCUT2D eigenvalue weighted by molar-refractivity contribution is 7.09. The zero-order chi connectivity index (χ0) is 26.6. The van der Waals surface area contributed by atoms with Crippen molar-refractivity contribution in [3.05, 3.63) is 86.3 Å². The highest BCUT2D eigenvalue weighted by Crippen LogP contribution is 2.35. The number of nitrogens with one attached hydrogen (secondary N) is 2. The lowest BCUT2D eigenvalue weighted by Gasteiger charge is -2.29. The number of carbonyl (C=O) groups is 2. The highest BCUT2D eigenvalue weighted by Gasteiger charge is 2.34. The van der Waals surface area contributed by atoms with E-state index in [-0.39, 0.29) is 23.9 Å². The molecule has 0 bridgehead atoms. The minimum Gasteiger partial charge on any atom is -0.389 e. The SMILES string of the molecule is Cc1csc(C2CCCN2C(=O)c2cc(Cl)cc(C(=O)N[C@@H](Cc3ccccc3)[C@H](O)C3CCCN3)c2)n1. The number of benzene rings is 2. The number of thiazole rings is 1. The summed E-state index contributed by atoms with van der Waals surface area (Å²) in [6.07, 6.45) is 3.34. The van der Waals surface area contributed by atoms with Crippen molar-refractivity contribution in [1.82, 2.24) is 20.5 Å². The van der Waals surface area contributed by atoms with Gasteiger partial charge in [0.1, 0.15) is 5.01 Å². The third-order valence-electron chi connectivity index (χ3n) is 7.38. The molecule has 2 aromatic carbocycles. The zero-order valence-electron chi connectivity index (χ0n) is 21.4. The van der Waals surface area contributed by atoms with Crippen LogP contribution in [0.15, 0.2) is 53.9 Å². The van der Waals surface area contributed by atoms with E-state index in [1.54, 1.807) is 29.5 Å². The van der Waals surface area contributed by atoms with Gasteiger partial charge in [0.15, 0.2) is 0 Å². The second-order valence-electron chi connectivity index (χ2n) is 10.2. The summed E-state index contributed by atoms with van der Waals surface area (Å²) >= 11 is 7.98. The number of carbonyl (C=O) groups excluding carboxylic acids is 2. The number of rotatable bonds is 8. The van der Waals surface area contributed by atoms with Crippen molar-refractivity contribution in [3.8, 4) is 0 Å². The van der Waals surface area contributed by atoms with Crippen LogP contribution in [0.2, 0.25) is 5.02 Å². The summed E-state index contributed by atoms with van der Waals surface area (Å²) in [6.45, 7) is 3.44. The van der Waals surface area contributed by atoms with Gasteiger partial charge in [0.2, 0.25) is 0 Å². The summed E-state index contributed by atoms with van der Waals surface area (Å²) in [4.78, 5) is 33.5. The summed E-state index contributed by atoms with van der Waals surface area (Å²) in [7, 11) is 0. The van der Waals surface area contributed by atoms with Crippen LogP contribution in [0.1, 0.15) is 68.7 Å². The molecule has 7 nitrogen and oxygen atoms in total. The Labute approximate surface area is 232 Å². The maximum atomic E-state index is 13.6. The van der Waals surface area contributed by atoms with Gasteiger partial charge in [0.05, 0.1) is 18.2 Å². The molecule has 5 rings (SSSR count). The molecule has 2 aliphatic rings. The van der Waals surface area contributed by atoms with Crippen LogP contribution in [0, 0.1) is 6.92 Å². The molecule has 38 heavy (non-hydrogen) atoms. The number of aliphatic hydroxyl groups is 1. The average Bonchev–Trinajstić information content (AvgIpc) is 3.69. The maximum absolute atomic E-state index is 13.6. The molecule has 200 valence electrons. The van der Waals surface area contributed by atoms with E-state index in [0.29, 0.717) is 29.1 Å². The predicted octanol–water partition coefficient (Wildman–Crippen LogP) is 4.54. The highest BCUT2D eigenvalue weighted by atomic mass is 35.5. The Kier molecular flexibility index (Phi) is 8.43. The van der Waals surface area contributed by atoms with Gasteiger partial charge in [-0.25, -0.2) is 4.98 Å². The Morgan fingerprint density at radius 1 is 1.18 bits per heavy atom. The quantitative estimate of drug-likeness (QED) is 0.381. The van der Waals surface area contributed by atoms with Crippen LogP contribution in [0.25, 0.3) is 0 Å². The fraction of sp³-hybridized carbons (Fsp3) is 0.414. The lowest BCUT2D eigenvalue weighted by atomic mass is 9.95. The molecule has 2 amide bonds. The van der Waals surface area contributed by atoms with E-state index in [4.69, 9.17) is 11.6 Å². The molecule has 2 unspecified atom stereocenters. The summed E-state index contributed by atoms with van der Waals surface area (Å²) in [6, 6.07) is 13.9. The Balaban J connectivity index is 1.36. The predicted molar refractivity (Wildman–Crippen MR) is 150 cm³/mol. The van der Waals surface area contributed by atoms with Crippen molar-refractivity contribution in [2.24, 2.45) is 0 Å². The fourth-order valence-electron chi connectivity index (χ4n) is 5.46. The molecular formula is C29H33ClN4O3S. The first-order valence-corrected chi connectivity index (χ1v) is 14.4. The average molecular weight is 553 g/mol. The van der Waals surface area contributed by atoms with E-state index < -0.39 is 12.1 Å². The number of nitrogens with zero attached hydrogens (tertiary/aromatic N) is 2. The van der Waals surface area contributed by atoms with E-state index in [1.807, 2.05) is 47.5 Å². The monoisotopic (exact) mass is 552 g/mol. The van der Waals surface area contributed by atoms with Gasteiger partial charge in [-0.05, 0) is 69.3 Å². The molecule has 4 atom stereocenters. The standard InChI is InChI=1S/C29H33ClN4O3S/c1-18-17-38-28(32-18)25-10-6-12-34(25)29(37)21-14-20(15-22(30)16-21)27(36)33-24(13-19-7-3-2-4-8-19)26(35)23-9-5-11-31-23/h2-4,7-8,14-17,23-26,31,35H,5-6,9-13H2,1H3,(H,33,36)/t23?,24-,25?,26+/m0/s1. The largest absolute Gasteiger partial charge is 0.389 e. The molecule has 3 aromatic rings. The second-order valence-corrected chi connectivity index (χ2v) is 11.5. The number of amides is 2. The first kappa shape index (κ1) is 26.8. The van der Waals surface area contributed by atoms with Crippen LogP contribution >= 0.6 is 22.9 Å². The zero-order valence-corrected chi connectivity index (χ0v) is 23.0. The van der Waals surface area contributed by atoms with Crippen LogP contribution in [-0.2, 0) is 6.42 Å². The number of aliphatic hydroxyl groups excluding tert-OH is 1. The van der Waals surface area contributed by atoms with Gasteiger partial charge >= 0.3 is 0 Å². The molecule has 3 heterocycles. The number of aromatic nitrogens is 1. The summed E-state index contributed by atoms with van der Waals surface area (Å²) < 4.78 is 0. The molecular weight excluding hydrogens is 520 g/mol. The van der Waals surface area contributed by atoms with Crippen LogP contribution in [0.5, 0.6) is 0 Å². The minimum atomic E-state index is -0.756. The number of halogens is 1. The van der Waals surface area contributed by atoms with E-state index in [9.17, 15) is 14.7 Å². The van der Waals surface area contributed by atoms with Gasteiger partial charge in [0.25, 0.3) is 11.8 Å². The number of hydrogen-bond donors (Lipinski definition) is 3. The number of hydrogen-bond acceptors (Lipinski definition) is 6. The molecule has 2 saturated heterocycles. The van der Waals surface area contributed by atoms with Crippen molar-refractivity contribution >= 4 is 34.8 Å². The molecule has 0 spiro atoms. The molecule has 2 aliphatic heterocycles. The molecule has 3 N–H and O–H groups in total. The maximum Gasteiger partial charge on any atom is 0.254 e. The third kappa shape index (κ3) is 6.10. The Morgan fingerprint density at radius 3 is 2.68 bits per heavy atom. The van der Waals surface area contributed by atoms with Crippen molar-refractivity contribution in [3.63, 3.8) is 0 Å². The Morgan fingerprint density at radius 2 is 1.97 bits per heavy atom. The summed E-state index contributed by atoms with van der Waals surface area (Å²) in [5.41, 5.74) is 2.65. The molecule has 0 saturated carbocycles. The number of aryl methyl sites for hydroxylation is 1. The van der Waals surface area contributed by atoms with Crippen LogP contribution in [0.4, 0.5) is 0 Å². The normalized spacial score (nSPS) is 20.9.